The van der Waals surface area contributed by atoms with Crippen molar-refractivity contribution in [2.75, 3.05) is 13.9 Å². The van der Waals surface area contributed by atoms with Crippen LogP contribution >= 0.6 is 0 Å². The molecule has 2 heterocycles. The molecule has 0 fully saturated rings. The van der Waals surface area contributed by atoms with Crippen molar-refractivity contribution in [2.24, 2.45) is 0 Å². The topological polar surface area (TPSA) is 77.4 Å². The van der Waals surface area contributed by atoms with Crippen LogP contribution in [0.15, 0.2) is 12.1 Å². The van der Waals surface area contributed by atoms with Crippen molar-refractivity contribution in [3.63, 3.8) is 0 Å². The molecule has 2 aliphatic heterocycles. The van der Waals surface area contributed by atoms with Crippen molar-refractivity contribution in [1.29, 1.82) is 0 Å². The monoisotopic (exact) mass is 344 g/mol. The van der Waals surface area contributed by atoms with Crippen LogP contribution in [0.3, 0.4) is 0 Å². The maximum absolute atomic E-state index is 10.5. The smallest absolute Gasteiger partial charge is 0.231 e. The molecule has 0 saturated carbocycles. The minimum Gasteiger partial charge on any atom is -0.507 e. The zero-order valence-corrected chi connectivity index (χ0v) is 14.4. The van der Waals surface area contributed by atoms with E-state index < -0.39 is 0 Å². The number of fused-ring (bicyclic) bond motifs is 2. The zero-order chi connectivity index (χ0) is 17.7. The van der Waals surface area contributed by atoms with E-state index in [4.69, 9.17) is 18.9 Å². The summed E-state index contributed by atoms with van der Waals surface area (Å²) in [5.74, 6) is 2.69. The Morgan fingerprint density at radius 1 is 1.08 bits per heavy atom. The molecule has 0 radical (unpaired) electrons. The fourth-order valence-corrected chi connectivity index (χ4v) is 3.65. The van der Waals surface area contributed by atoms with Crippen LogP contribution in [0.25, 0.3) is 0 Å². The van der Waals surface area contributed by atoms with Gasteiger partial charge in [0.1, 0.15) is 29.1 Å². The Bertz CT molecular complexity index is 858. The number of aromatic hydroxyl groups is 2. The van der Waals surface area contributed by atoms with Crippen LogP contribution in [0, 0.1) is 13.8 Å². The predicted molar refractivity (Wildman–Crippen MR) is 90.1 cm³/mol. The summed E-state index contributed by atoms with van der Waals surface area (Å²) < 4.78 is 22.3. The van der Waals surface area contributed by atoms with E-state index in [0.717, 1.165) is 11.1 Å². The highest BCUT2D eigenvalue weighted by atomic mass is 16.7. The molecule has 0 aromatic heterocycles. The number of methoxy groups -OCH3 is 1. The Morgan fingerprint density at radius 2 is 1.80 bits per heavy atom. The summed E-state index contributed by atoms with van der Waals surface area (Å²) in [6.07, 6.45) is 0.942. The normalized spacial score (nSPS) is 17.8. The van der Waals surface area contributed by atoms with Crippen molar-refractivity contribution in [3.8, 4) is 34.5 Å². The lowest BCUT2D eigenvalue weighted by Gasteiger charge is -2.30. The number of ether oxygens (including phenoxy) is 4. The van der Waals surface area contributed by atoms with E-state index in [0.29, 0.717) is 47.0 Å². The van der Waals surface area contributed by atoms with Gasteiger partial charge in [-0.15, -0.1) is 0 Å². The standard InChI is InChI=1S/C19H20O6/c1-9-17(21)11-4-5-14(25-19(11)10(2)18(9)22-3)12-6-15-16(7-13(12)20)24-8-23-15/h6-7,14,20-21H,4-5,8H2,1-3H3/t14-/m0/s1. The van der Waals surface area contributed by atoms with Crippen molar-refractivity contribution in [1.82, 2.24) is 0 Å². The molecule has 0 saturated heterocycles. The van der Waals surface area contributed by atoms with Crippen molar-refractivity contribution in [3.05, 3.63) is 34.4 Å². The van der Waals surface area contributed by atoms with Gasteiger partial charge in [0.2, 0.25) is 6.79 Å². The van der Waals surface area contributed by atoms with E-state index in [1.807, 2.05) is 13.8 Å². The maximum atomic E-state index is 10.5. The summed E-state index contributed by atoms with van der Waals surface area (Å²) in [6, 6.07) is 3.31. The van der Waals surface area contributed by atoms with Gasteiger partial charge in [0.15, 0.2) is 11.5 Å². The summed E-state index contributed by atoms with van der Waals surface area (Å²) >= 11 is 0. The second-order valence-electron chi connectivity index (χ2n) is 6.35. The molecule has 2 N–H and O–H groups in total. The lowest BCUT2D eigenvalue weighted by atomic mass is 9.92. The van der Waals surface area contributed by atoms with Gasteiger partial charge < -0.3 is 29.2 Å². The predicted octanol–water partition coefficient (Wildman–Crippen LogP) is 3.52. The highest BCUT2D eigenvalue weighted by Crippen LogP contribution is 2.49. The number of phenolic OH excluding ortho intramolecular Hbond substituents is 2. The second kappa shape index (κ2) is 5.65. The third-order valence-electron chi connectivity index (χ3n) is 4.93. The molecule has 0 unspecified atom stereocenters. The van der Waals surface area contributed by atoms with Gasteiger partial charge in [0.25, 0.3) is 0 Å². The number of phenols is 2. The SMILES string of the molecule is COc1c(C)c(O)c2c(c1C)O[C@H](c1cc3c(cc1O)OCO3)CC2. The molecule has 0 amide bonds. The van der Waals surface area contributed by atoms with Gasteiger partial charge in [-0.3, -0.25) is 0 Å². The fourth-order valence-electron chi connectivity index (χ4n) is 3.65. The van der Waals surface area contributed by atoms with Gasteiger partial charge in [0, 0.05) is 28.3 Å². The van der Waals surface area contributed by atoms with E-state index >= 15 is 0 Å². The van der Waals surface area contributed by atoms with E-state index in [2.05, 4.69) is 0 Å². The molecule has 6 heteroatoms. The highest BCUT2D eigenvalue weighted by Gasteiger charge is 2.31. The first kappa shape index (κ1) is 15.7. The molecule has 4 rings (SSSR count). The summed E-state index contributed by atoms with van der Waals surface area (Å²) in [7, 11) is 1.57. The van der Waals surface area contributed by atoms with Gasteiger partial charge >= 0.3 is 0 Å². The summed E-state index contributed by atoms with van der Waals surface area (Å²) in [5.41, 5.74) is 2.99. The van der Waals surface area contributed by atoms with Crippen LogP contribution in [0.4, 0.5) is 0 Å². The Morgan fingerprint density at radius 3 is 2.52 bits per heavy atom. The van der Waals surface area contributed by atoms with Gasteiger partial charge in [0.05, 0.1) is 7.11 Å². The van der Waals surface area contributed by atoms with E-state index in [9.17, 15) is 10.2 Å². The molecule has 25 heavy (non-hydrogen) atoms. The summed E-state index contributed by atoms with van der Waals surface area (Å²) in [6.45, 7) is 3.89. The van der Waals surface area contributed by atoms with Crippen LogP contribution in [-0.4, -0.2) is 24.1 Å². The molecule has 2 aliphatic rings. The molecule has 2 aromatic carbocycles. The quantitative estimate of drug-likeness (QED) is 0.868. The average molecular weight is 344 g/mol. The molecule has 0 bridgehead atoms. The fraction of sp³-hybridized carbons (Fsp3) is 0.368. The molecule has 1 atom stereocenters. The third kappa shape index (κ3) is 2.32. The number of benzene rings is 2. The molecule has 6 nitrogen and oxygen atoms in total. The number of rotatable bonds is 2. The van der Waals surface area contributed by atoms with Crippen LogP contribution in [0.1, 0.15) is 34.8 Å². The van der Waals surface area contributed by atoms with Crippen molar-refractivity contribution >= 4 is 0 Å². The Labute approximate surface area is 145 Å². The van der Waals surface area contributed by atoms with E-state index in [1.54, 1.807) is 19.2 Å². The van der Waals surface area contributed by atoms with Crippen molar-refractivity contribution < 1.29 is 29.2 Å². The Hall–Kier alpha value is -2.76. The van der Waals surface area contributed by atoms with Crippen LogP contribution in [0.2, 0.25) is 0 Å². The maximum Gasteiger partial charge on any atom is 0.231 e. The van der Waals surface area contributed by atoms with Crippen LogP contribution in [-0.2, 0) is 6.42 Å². The third-order valence-corrected chi connectivity index (χ3v) is 4.93. The molecular formula is C19H20O6. The van der Waals surface area contributed by atoms with Crippen LogP contribution < -0.4 is 18.9 Å². The van der Waals surface area contributed by atoms with Crippen LogP contribution in [0.5, 0.6) is 34.5 Å². The highest BCUT2D eigenvalue weighted by molar-refractivity contribution is 5.62. The largest absolute Gasteiger partial charge is 0.507 e. The van der Waals surface area contributed by atoms with Crippen molar-refractivity contribution in [2.45, 2.75) is 32.8 Å². The average Bonchev–Trinajstić information content (AvgIpc) is 3.06. The zero-order valence-electron chi connectivity index (χ0n) is 14.4. The van der Waals surface area contributed by atoms with E-state index in [-0.39, 0.29) is 24.4 Å². The molecule has 0 aliphatic carbocycles. The molecule has 0 spiro atoms. The lowest BCUT2D eigenvalue weighted by Crippen LogP contribution is -2.17. The summed E-state index contributed by atoms with van der Waals surface area (Å²) in [5, 5.41) is 20.8. The first-order valence-corrected chi connectivity index (χ1v) is 8.19. The Kier molecular flexibility index (Phi) is 3.56. The van der Waals surface area contributed by atoms with Gasteiger partial charge in [-0.2, -0.15) is 0 Å². The Balaban J connectivity index is 1.76. The van der Waals surface area contributed by atoms with E-state index in [1.165, 1.54) is 0 Å². The number of hydrogen-bond acceptors (Lipinski definition) is 6. The second-order valence-corrected chi connectivity index (χ2v) is 6.35. The summed E-state index contributed by atoms with van der Waals surface area (Å²) in [4.78, 5) is 0. The minimum atomic E-state index is -0.340. The first-order chi connectivity index (χ1) is 12.0. The number of hydrogen-bond donors (Lipinski definition) is 2. The molecular weight excluding hydrogens is 324 g/mol. The lowest BCUT2D eigenvalue weighted by molar-refractivity contribution is 0.167. The van der Waals surface area contributed by atoms with Gasteiger partial charge in [-0.25, -0.2) is 0 Å². The minimum absolute atomic E-state index is 0.110. The van der Waals surface area contributed by atoms with Gasteiger partial charge in [-0.05, 0) is 32.8 Å². The molecule has 2 aromatic rings. The molecule has 132 valence electrons. The first-order valence-electron chi connectivity index (χ1n) is 8.19. The van der Waals surface area contributed by atoms with Gasteiger partial charge in [-0.1, -0.05) is 0 Å².